The number of anilines is 1. The van der Waals surface area contributed by atoms with E-state index < -0.39 is 5.97 Å². The highest BCUT2D eigenvalue weighted by molar-refractivity contribution is 5.90. The average Bonchev–Trinajstić information content (AvgIpc) is 2.16. The Kier molecular flexibility index (Phi) is 3.01. The standard InChI is InChI=1S/C9H13N3O2/c1-6-7(8(13)14-4)5-10-9(11-6)12(2)3/h5H,1-4H3. The van der Waals surface area contributed by atoms with Crippen molar-refractivity contribution in [1.29, 1.82) is 0 Å². The molecular formula is C9H13N3O2. The summed E-state index contributed by atoms with van der Waals surface area (Å²) in [5.74, 6) is 0.169. The molecule has 5 heteroatoms. The molecule has 0 radical (unpaired) electrons. The van der Waals surface area contributed by atoms with Gasteiger partial charge in [-0.25, -0.2) is 14.8 Å². The Bertz CT molecular complexity index is 350. The number of aromatic nitrogens is 2. The van der Waals surface area contributed by atoms with E-state index in [2.05, 4.69) is 14.7 Å². The predicted molar refractivity (Wildman–Crippen MR) is 52.4 cm³/mol. The number of carbonyl (C=O) groups is 1. The highest BCUT2D eigenvalue weighted by Crippen LogP contribution is 2.09. The molecule has 0 atom stereocenters. The van der Waals surface area contributed by atoms with Gasteiger partial charge in [-0.1, -0.05) is 0 Å². The van der Waals surface area contributed by atoms with Crippen molar-refractivity contribution in [3.8, 4) is 0 Å². The van der Waals surface area contributed by atoms with Crippen molar-refractivity contribution in [2.75, 3.05) is 26.1 Å². The Hall–Kier alpha value is -1.65. The summed E-state index contributed by atoms with van der Waals surface area (Å²) in [6.45, 7) is 1.75. The van der Waals surface area contributed by atoms with Gasteiger partial charge in [-0.3, -0.25) is 0 Å². The molecule has 1 aromatic rings. The molecule has 0 aromatic carbocycles. The summed E-state index contributed by atoms with van der Waals surface area (Å²) >= 11 is 0. The second-order valence-electron chi connectivity index (χ2n) is 3.06. The molecule has 0 spiro atoms. The lowest BCUT2D eigenvalue weighted by Gasteiger charge is -2.11. The lowest BCUT2D eigenvalue weighted by molar-refractivity contribution is 0.0599. The minimum Gasteiger partial charge on any atom is -0.465 e. The van der Waals surface area contributed by atoms with Crippen LogP contribution in [0.1, 0.15) is 16.1 Å². The third-order valence-corrected chi connectivity index (χ3v) is 1.77. The van der Waals surface area contributed by atoms with Crippen LogP contribution in [0, 0.1) is 6.92 Å². The molecule has 0 amide bonds. The maximum Gasteiger partial charge on any atom is 0.341 e. The van der Waals surface area contributed by atoms with Crippen LogP contribution in [0.3, 0.4) is 0 Å². The third-order valence-electron chi connectivity index (χ3n) is 1.77. The van der Waals surface area contributed by atoms with Gasteiger partial charge in [-0.2, -0.15) is 0 Å². The van der Waals surface area contributed by atoms with Gasteiger partial charge in [-0.05, 0) is 6.92 Å². The fourth-order valence-corrected chi connectivity index (χ4v) is 0.981. The molecule has 0 aliphatic rings. The van der Waals surface area contributed by atoms with Crippen LogP contribution in [0.15, 0.2) is 6.20 Å². The van der Waals surface area contributed by atoms with Crippen molar-refractivity contribution in [3.63, 3.8) is 0 Å². The summed E-state index contributed by atoms with van der Waals surface area (Å²) < 4.78 is 4.58. The van der Waals surface area contributed by atoms with Crippen LogP contribution in [0.2, 0.25) is 0 Å². The normalized spacial score (nSPS) is 9.71. The minimum absolute atomic E-state index is 0.401. The van der Waals surface area contributed by atoms with E-state index >= 15 is 0 Å². The number of nitrogens with zero attached hydrogens (tertiary/aromatic N) is 3. The number of ether oxygens (including phenoxy) is 1. The van der Waals surface area contributed by atoms with Gasteiger partial charge in [0.1, 0.15) is 0 Å². The van der Waals surface area contributed by atoms with E-state index in [1.54, 1.807) is 11.8 Å². The van der Waals surface area contributed by atoms with Gasteiger partial charge in [0.15, 0.2) is 0 Å². The quantitative estimate of drug-likeness (QED) is 0.648. The number of aryl methyl sites for hydroxylation is 1. The minimum atomic E-state index is -0.409. The second-order valence-corrected chi connectivity index (χ2v) is 3.06. The van der Waals surface area contributed by atoms with E-state index in [0.29, 0.717) is 17.2 Å². The second kappa shape index (κ2) is 4.04. The summed E-state index contributed by atoms with van der Waals surface area (Å²) in [5, 5.41) is 0. The van der Waals surface area contributed by atoms with Gasteiger partial charge >= 0.3 is 5.97 Å². The van der Waals surface area contributed by atoms with Crippen LogP contribution in [0.4, 0.5) is 5.95 Å². The Morgan fingerprint density at radius 2 is 2.14 bits per heavy atom. The highest BCUT2D eigenvalue weighted by Gasteiger charge is 2.11. The molecule has 0 aliphatic carbocycles. The summed E-state index contributed by atoms with van der Waals surface area (Å²) in [7, 11) is 5.01. The van der Waals surface area contributed by atoms with Crippen molar-refractivity contribution in [3.05, 3.63) is 17.5 Å². The van der Waals surface area contributed by atoms with E-state index in [0.717, 1.165) is 0 Å². The molecule has 1 aromatic heterocycles. The van der Waals surface area contributed by atoms with Crippen molar-refractivity contribution in [1.82, 2.24) is 9.97 Å². The number of methoxy groups -OCH3 is 1. The molecule has 0 fully saturated rings. The largest absolute Gasteiger partial charge is 0.465 e. The predicted octanol–water partition coefficient (Wildman–Crippen LogP) is 0.638. The molecule has 0 saturated carbocycles. The van der Waals surface area contributed by atoms with Crippen LogP contribution in [-0.4, -0.2) is 37.1 Å². The van der Waals surface area contributed by atoms with Gasteiger partial charge in [0, 0.05) is 20.3 Å². The van der Waals surface area contributed by atoms with E-state index in [1.165, 1.54) is 13.3 Å². The van der Waals surface area contributed by atoms with Crippen molar-refractivity contribution < 1.29 is 9.53 Å². The van der Waals surface area contributed by atoms with Gasteiger partial charge in [0.25, 0.3) is 0 Å². The molecular weight excluding hydrogens is 182 g/mol. The smallest absolute Gasteiger partial charge is 0.341 e. The topological polar surface area (TPSA) is 55.3 Å². The SMILES string of the molecule is COC(=O)c1cnc(N(C)C)nc1C. The van der Waals surface area contributed by atoms with E-state index in [-0.39, 0.29) is 0 Å². The Labute approximate surface area is 82.7 Å². The van der Waals surface area contributed by atoms with Crippen LogP contribution in [-0.2, 0) is 4.74 Å². The lowest BCUT2D eigenvalue weighted by atomic mass is 10.2. The van der Waals surface area contributed by atoms with E-state index in [4.69, 9.17) is 0 Å². The molecule has 0 saturated heterocycles. The van der Waals surface area contributed by atoms with Crippen LogP contribution < -0.4 is 4.90 Å². The number of carbonyl (C=O) groups excluding carboxylic acids is 1. The first-order chi connectivity index (χ1) is 6.56. The maximum atomic E-state index is 11.2. The number of hydrogen-bond donors (Lipinski definition) is 0. The molecule has 14 heavy (non-hydrogen) atoms. The van der Waals surface area contributed by atoms with Crippen LogP contribution in [0.25, 0.3) is 0 Å². The summed E-state index contributed by atoms with van der Waals surface area (Å²) in [6.07, 6.45) is 1.48. The maximum absolute atomic E-state index is 11.2. The fourth-order valence-electron chi connectivity index (χ4n) is 0.981. The first-order valence-electron chi connectivity index (χ1n) is 4.15. The first kappa shape index (κ1) is 10.4. The molecule has 76 valence electrons. The first-order valence-corrected chi connectivity index (χ1v) is 4.15. The number of hydrogen-bond acceptors (Lipinski definition) is 5. The Balaban J connectivity index is 3.07. The van der Waals surface area contributed by atoms with Crippen molar-refractivity contribution in [2.24, 2.45) is 0 Å². The van der Waals surface area contributed by atoms with Crippen molar-refractivity contribution in [2.45, 2.75) is 6.92 Å². The zero-order valence-electron chi connectivity index (χ0n) is 8.74. The van der Waals surface area contributed by atoms with Crippen LogP contribution in [0.5, 0.6) is 0 Å². The molecule has 5 nitrogen and oxygen atoms in total. The van der Waals surface area contributed by atoms with Gasteiger partial charge in [0.05, 0.1) is 18.4 Å². The molecule has 1 heterocycles. The summed E-state index contributed by atoms with van der Waals surface area (Å²) in [5.41, 5.74) is 1.02. The highest BCUT2D eigenvalue weighted by atomic mass is 16.5. The molecule has 0 bridgehead atoms. The lowest BCUT2D eigenvalue weighted by Crippen LogP contribution is -2.15. The zero-order valence-corrected chi connectivity index (χ0v) is 8.74. The monoisotopic (exact) mass is 195 g/mol. The van der Waals surface area contributed by atoms with Crippen LogP contribution >= 0.6 is 0 Å². The fraction of sp³-hybridized carbons (Fsp3) is 0.444. The molecule has 0 N–H and O–H groups in total. The zero-order chi connectivity index (χ0) is 10.7. The summed E-state index contributed by atoms with van der Waals surface area (Å²) in [6, 6.07) is 0. The number of esters is 1. The third kappa shape index (κ3) is 1.99. The van der Waals surface area contributed by atoms with Gasteiger partial charge in [0.2, 0.25) is 5.95 Å². The average molecular weight is 195 g/mol. The van der Waals surface area contributed by atoms with Crippen molar-refractivity contribution >= 4 is 11.9 Å². The Morgan fingerprint density at radius 3 is 2.57 bits per heavy atom. The van der Waals surface area contributed by atoms with E-state index in [1.807, 2.05) is 14.1 Å². The molecule has 0 aliphatic heterocycles. The molecule has 0 unspecified atom stereocenters. The van der Waals surface area contributed by atoms with E-state index in [9.17, 15) is 4.79 Å². The Morgan fingerprint density at radius 1 is 1.50 bits per heavy atom. The summed E-state index contributed by atoms with van der Waals surface area (Å²) in [4.78, 5) is 21.1. The van der Waals surface area contributed by atoms with Gasteiger partial charge < -0.3 is 9.64 Å². The van der Waals surface area contributed by atoms with Gasteiger partial charge in [-0.15, -0.1) is 0 Å². The molecule has 1 rings (SSSR count). The number of rotatable bonds is 2.